The van der Waals surface area contributed by atoms with Crippen molar-refractivity contribution in [3.8, 4) is 5.75 Å². The Balaban J connectivity index is 0.00000324. The number of rotatable bonds is 7. The number of imidazole rings is 1. The maximum absolute atomic E-state index is 13.4. The minimum Gasteiger partial charge on any atom is -0.507 e. The summed E-state index contributed by atoms with van der Waals surface area (Å²) in [6.45, 7) is 8.70. The molecule has 1 heterocycles. The minimum absolute atomic E-state index is 0. The smallest absolute Gasteiger partial charge is 0.203 e. The zero-order chi connectivity index (χ0) is 23.7. The molecule has 0 aliphatic rings. The van der Waals surface area contributed by atoms with Gasteiger partial charge in [0.1, 0.15) is 5.75 Å². The Morgan fingerprint density at radius 1 is 0.853 bits per heavy atom. The van der Waals surface area contributed by atoms with Gasteiger partial charge in [0.2, 0.25) is 5.62 Å². The van der Waals surface area contributed by atoms with Crippen molar-refractivity contribution in [1.29, 1.82) is 5.41 Å². The van der Waals surface area contributed by atoms with Crippen LogP contribution in [0.15, 0.2) is 66.7 Å². The fourth-order valence-corrected chi connectivity index (χ4v) is 4.34. The number of nitrogens with zero attached hydrogens (tertiary/aromatic N) is 2. The number of para-hydroxylation sites is 2. The quantitative estimate of drug-likeness (QED) is 0.277. The lowest BCUT2D eigenvalue weighted by Gasteiger charge is -2.17. The molecule has 0 amide bonds. The Bertz CT molecular complexity index is 1340. The van der Waals surface area contributed by atoms with Crippen LogP contribution in [0.4, 0.5) is 0 Å². The highest BCUT2D eigenvalue weighted by Crippen LogP contribution is 2.35. The van der Waals surface area contributed by atoms with Gasteiger partial charge >= 0.3 is 0 Å². The van der Waals surface area contributed by atoms with E-state index >= 15 is 0 Å². The molecule has 3 aromatic carbocycles. The van der Waals surface area contributed by atoms with E-state index < -0.39 is 0 Å². The van der Waals surface area contributed by atoms with Crippen molar-refractivity contribution in [2.24, 2.45) is 0 Å². The number of aromatic hydroxyl groups is 1. The van der Waals surface area contributed by atoms with Gasteiger partial charge < -0.3 is 14.2 Å². The van der Waals surface area contributed by atoms with Crippen LogP contribution in [0.5, 0.6) is 5.75 Å². The monoisotopic (exact) mass is 521 g/mol. The Hall–Kier alpha value is -3.12. The number of phenols is 1. The first-order chi connectivity index (χ1) is 15.8. The summed E-state index contributed by atoms with van der Waals surface area (Å²) >= 11 is 0. The van der Waals surface area contributed by atoms with E-state index in [4.69, 9.17) is 5.41 Å². The molecule has 4 aromatic rings. The molecule has 5 nitrogen and oxygen atoms in total. The number of halogens is 1. The lowest BCUT2D eigenvalue weighted by atomic mass is 9.90. The number of hydrogen-bond donors (Lipinski definition) is 2. The topological polar surface area (TPSA) is 71.0 Å². The zero-order valence-corrected chi connectivity index (χ0v) is 21.8. The molecule has 34 heavy (non-hydrogen) atoms. The molecule has 6 heteroatoms. The molecule has 4 rings (SSSR count). The number of Topliss-reactive ketones (excluding diaryl/α,β-unsaturated/α-hetero) is 1. The first-order valence-corrected chi connectivity index (χ1v) is 11.4. The van der Waals surface area contributed by atoms with E-state index in [0.717, 1.165) is 27.7 Å². The number of carbonyl (C=O) groups excluding carboxylic acids is 1. The Morgan fingerprint density at radius 3 is 1.88 bits per heavy atom. The lowest BCUT2D eigenvalue weighted by molar-refractivity contribution is 0.0971. The second kappa shape index (κ2) is 10.4. The Morgan fingerprint density at radius 2 is 1.35 bits per heavy atom. The van der Waals surface area contributed by atoms with E-state index in [1.54, 1.807) is 4.57 Å². The molecule has 0 atom stereocenters. The molecule has 0 radical (unpaired) electrons. The van der Waals surface area contributed by atoms with Crippen LogP contribution >= 0.6 is 17.0 Å². The van der Waals surface area contributed by atoms with Crippen molar-refractivity contribution < 1.29 is 9.90 Å². The molecule has 178 valence electrons. The van der Waals surface area contributed by atoms with E-state index in [1.807, 2.05) is 99.0 Å². The van der Waals surface area contributed by atoms with Crippen molar-refractivity contribution in [2.45, 2.75) is 52.6 Å². The molecule has 0 aliphatic carbocycles. The van der Waals surface area contributed by atoms with Crippen molar-refractivity contribution in [1.82, 2.24) is 9.13 Å². The molecule has 0 bridgehead atoms. The second-order valence-corrected chi connectivity index (χ2v) is 9.21. The first kappa shape index (κ1) is 25.5. The molecule has 1 aromatic heterocycles. The summed E-state index contributed by atoms with van der Waals surface area (Å²) in [6.07, 6.45) is 0. The number of ketones is 1. The SMILES string of the molecule is Br.CC(C)c1cc(C(=O)Cn2c(=N)n(Cc3ccccc3)c3ccccc32)cc(C(C)C)c1O. The van der Waals surface area contributed by atoms with E-state index in [0.29, 0.717) is 17.7 Å². The van der Waals surface area contributed by atoms with E-state index in [1.165, 1.54) is 0 Å². The zero-order valence-electron chi connectivity index (χ0n) is 20.1. The summed E-state index contributed by atoms with van der Waals surface area (Å²) in [4.78, 5) is 13.4. The molecule has 0 saturated carbocycles. The molecule has 0 unspecified atom stereocenters. The van der Waals surface area contributed by atoms with Crippen LogP contribution in [0.25, 0.3) is 11.0 Å². The van der Waals surface area contributed by atoms with Crippen LogP contribution in [-0.4, -0.2) is 20.0 Å². The highest BCUT2D eigenvalue weighted by Gasteiger charge is 2.20. The van der Waals surface area contributed by atoms with Gasteiger partial charge in [0.25, 0.3) is 0 Å². The molecule has 2 N–H and O–H groups in total. The minimum atomic E-state index is -0.0695. The van der Waals surface area contributed by atoms with Gasteiger partial charge in [-0.05, 0) is 52.8 Å². The number of phenolic OH excluding ortho intramolecular Hbond substituents is 1. The summed E-state index contributed by atoms with van der Waals surface area (Å²) in [5.41, 5.74) is 5.33. The third kappa shape index (κ3) is 4.87. The van der Waals surface area contributed by atoms with Crippen molar-refractivity contribution in [2.75, 3.05) is 0 Å². The number of aromatic nitrogens is 2. The molecular formula is C28H32BrN3O2. The molecule has 0 aliphatic heterocycles. The lowest BCUT2D eigenvalue weighted by Crippen LogP contribution is -2.27. The third-order valence-electron chi connectivity index (χ3n) is 6.19. The first-order valence-electron chi connectivity index (χ1n) is 11.4. The van der Waals surface area contributed by atoms with Crippen LogP contribution in [0.3, 0.4) is 0 Å². The van der Waals surface area contributed by atoms with Crippen LogP contribution in [0.1, 0.15) is 66.6 Å². The summed E-state index contributed by atoms with van der Waals surface area (Å²) in [5, 5.41) is 19.6. The standard InChI is InChI=1S/C28H31N3O2.BrH/c1-18(2)22-14-21(15-23(19(3)4)27(22)33)26(32)17-31-25-13-9-8-12-24(25)30(28(31)29)16-20-10-6-5-7-11-20;/h5-15,18-19,29,33H,16-17H2,1-4H3;1H. The van der Waals surface area contributed by atoms with Crippen molar-refractivity contribution in [3.05, 3.63) is 94.6 Å². The molecule has 0 fully saturated rings. The maximum Gasteiger partial charge on any atom is 0.203 e. The Kier molecular flexibility index (Phi) is 7.82. The summed E-state index contributed by atoms with van der Waals surface area (Å²) in [7, 11) is 0. The van der Waals surface area contributed by atoms with Crippen molar-refractivity contribution in [3.63, 3.8) is 0 Å². The summed E-state index contributed by atoms with van der Waals surface area (Å²) in [5.74, 6) is 0.412. The highest BCUT2D eigenvalue weighted by molar-refractivity contribution is 8.93. The summed E-state index contributed by atoms with van der Waals surface area (Å²) in [6, 6.07) is 21.5. The average Bonchev–Trinajstić information content (AvgIpc) is 3.05. The second-order valence-electron chi connectivity index (χ2n) is 9.21. The van der Waals surface area contributed by atoms with Gasteiger partial charge in [0.05, 0.1) is 24.1 Å². The molecule has 0 spiro atoms. The van der Waals surface area contributed by atoms with E-state index in [-0.39, 0.29) is 46.9 Å². The van der Waals surface area contributed by atoms with E-state index in [9.17, 15) is 9.90 Å². The number of hydrogen-bond acceptors (Lipinski definition) is 3. The predicted octanol–water partition coefficient (Wildman–Crippen LogP) is 6.38. The number of fused-ring (bicyclic) bond motifs is 1. The van der Waals surface area contributed by atoms with Gasteiger partial charge in [-0.3, -0.25) is 10.2 Å². The van der Waals surface area contributed by atoms with Gasteiger partial charge in [-0.2, -0.15) is 0 Å². The molecule has 0 saturated heterocycles. The number of nitrogens with one attached hydrogen (secondary N) is 1. The maximum atomic E-state index is 13.4. The molecular weight excluding hydrogens is 490 g/mol. The van der Waals surface area contributed by atoms with Gasteiger partial charge in [0, 0.05) is 5.56 Å². The highest BCUT2D eigenvalue weighted by atomic mass is 79.9. The third-order valence-corrected chi connectivity index (χ3v) is 6.19. The fraction of sp³-hybridized carbons (Fsp3) is 0.286. The normalized spacial score (nSPS) is 11.2. The van der Waals surface area contributed by atoms with Gasteiger partial charge in [0.15, 0.2) is 5.78 Å². The van der Waals surface area contributed by atoms with Crippen LogP contribution in [0, 0.1) is 5.41 Å². The Labute approximate surface area is 211 Å². The van der Waals surface area contributed by atoms with E-state index in [2.05, 4.69) is 0 Å². The van der Waals surface area contributed by atoms with Gasteiger partial charge in [-0.15, -0.1) is 17.0 Å². The van der Waals surface area contributed by atoms with Gasteiger partial charge in [-0.1, -0.05) is 70.2 Å². The number of benzene rings is 3. The predicted molar refractivity (Wildman–Crippen MR) is 142 cm³/mol. The average molecular weight is 522 g/mol. The summed E-state index contributed by atoms with van der Waals surface area (Å²) < 4.78 is 3.71. The number of carbonyl (C=O) groups is 1. The van der Waals surface area contributed by atoms with Crippen molar-refractivity contribution >= 4 is 33.8 Å². The van der Waals surface area contributed by atoms with Gasteiger partial charge in [-0.25, -0.2) is 0 Å². The van der Waals surface area contributed by atoms with Crippen LogP contribution < -0.4 is 5.62 Å². The van der Waals surface area contributed by atoms with Crippen LogP contribution in [-0.2, 0) is 13.1 Å². The largest absolute Gasteiger partial charge is 0.507 e. The fourth-order valence-electron chi connectivity index (χ4n) is 4.34. The van der Waals surface area contributed by atoms with Crippen LogP contribution in [0.2, 0.25) is 0 Å².